The SMILES string of the molecule is Cc1[nH]c2ccccc2c1C1=CCN(C(=O)Nc2ccc3c(c2)OCCCO3)CC1. The molecule has 0 aliphatic carbocycles. The van der Waals surface area contributed by atoms with Crippen LogP contribution in [0.25, 0.3) is 16.5 Å². The normalized spacial score (nSPS) is 16.2. The fraction of sp³-hybridized carbons (Fsp3) is 0.292. The standard InChI is InChI=1S/C24H25N3O3/c1-16-23(19-5-2-3-6-20(19)25-16)17-9-11-27(12-10-17)24(28)26-18-7-8-21-22(15-18)30-14-4-13-29-21/h2-3,5-9,15,25H,4,10-14H2,1H3,(H,26,28). The summed E-state index contributed by atoms with van der Waals surface area (Å²) >= 11 is 0. The molecule has 2 aromatic carbocycles. The van der Waals surface area contributed by atoms with Crippen LogP contribution in [0.15, 0.2) is 48.5 Å². The van der Waals surface area contributed by atoms with Crippen molar-refractivity contribution in [2.75, 3.05) is 31.6 Å². The number of nitrogens with one attached hydrogen (secondary N) is 2. The molecular weight excluding hydrogens is 378 g/mol. The van der Waals surface area contributed by atoms with Crippen LogP contribution in [0.2, 0.25) is 0 Å². The van der Waals surface area contributed by atoms with Crippen molar-refractivity contribution < 1.29 is 14.3 Å². The number of hydrogen-bond acceptors (Lipinski definition) is 3. The highest BCUT2D eigenvalue weighted by atomic mass is 16.5. The third-order valence-corrected chi connectivity index (χ3v) is 5.71. The van der Waals surface area contributed by atoms with Gasteiger partial charge in [-0.1, -0.05) is 24.3 Å². The Kier molecular flexibility index (Phi) is 4.83. The molecule has 2 amide bonds. The molecule has 2 N–H and O–H groups in total. The van der Waals surface area contributed by atoms with Gasteiger partial charge in [-0.15, -0.1) is 0 Å². The first kappa shape index (κ1) is 18.6. The molecule has 2 aliphatic rings. The number of urea groups is 1. The van der Waals surface area contributed by atoms with Gasteiger partial charge in [0.1, 0.15) is 0 Å². The van der Waals surface area contributed by atoms with Crippen molar-refractivity contribution in [1.29, 1.82) is 0 Å². The van der Waals surface area contributed by atoms with Crippen LogP contribution in [0.5, 0.6) is 11.5 Å². The average Bonchev–Trinajstić information content (AvgIpc) is 2.93. The quantitative estimate of drug-likeness (QED) is 0.636. The summed E-state index contributed by atoms with van der Waals surface area (Å²) in [6.45, 7) is 4.65. The van der Waals surface area contributed by atoms with Gasteiger partial charge in [-0.2, -0.15) is 0 Å². The summed E-state index contributed by atoms with van der Waals surface area (Å²) in [5.74, 6) is 1.41. The zero-order valence-electron chi connectivity index (χ0n) is 17.0. The number of nitrogens with zero attached hydrogens (tertiary/aromatic N) is 1. The van der Waals surface area contributed by atoms with E-state index in [1.807, 2.05) is 29.2 Å². The first-order chi connectivity index (χ1) is 14.7. The molecule has 1 aromatic heterocycles. The number of H-pyrrole nitrogens is 1. The minimum atomic E-state index is -0.101. The van der Waals surface area contributed by atoms with Crippen LogP contribution in [0.4, 0.5) is 10.5 Å². The lowest BCUT2D eigenvalue weighted by atomic mass is 9.97. The minimum absolute atomic E-state index is 0.101. The monoisotopic (exact) mass is 403 g/mol. The number of rotatable bonds is 2. The van der Waals surface area contributed by atoms with E-state index in [-0.39, 0.29) is 6.03 Å². The van der Waals surface area contributed by atoms with E-state index < -0.39 is 0 Å². The lowest BCUT2D eigenvalue weighted by molar-refractivity contribution is 0.217. The summed E-state index contributed by atoms with van der Waals surface area (Å²) in [5.41, 5.74) is 5.61. The third kappa shape index (κ3) is 3.49. The van der Waals surface area contributed by atoms with Gasteiger partial charge in [-0.05, 0) is 37.1 Å². The number of para-hydroxylation sites is 1. The van der Waals surface area contributed by atoms with Crippen molar-refractivity contribution in [3.05, 3.63) is 59.8 Å². The average molecular weight is 403 g/mol. The number of anilines is 1. The molecular formula is C24H25N3O3. The molecule has 6 heteroatoms. The third-order valence-electron chi connectivity index (χ3n) is 5.71. The Morgan fingerprint density at radius 1 is 1.10 bits per heavy atom. The number of fused-ring (bicyclic) bond motifs is 2. The molecule has 0 fully saturated rings. The Morgan fingerprint density at radius 2 is 1.93 bits per heavy atom. The topological polar surface area (TPSA) is 66.6 Å². The molecule has 154 valence electrons. The van der Waals surface area contributed by atoms with E-state index in [0.717, 1.165) is 24.1 Å². The zero-order valence-corrected chi connectivity index (χ0v) is 17.0. The van der Waals surface area contributed by atoms with E-state index in [0.29, 0.717) is 37.7 Å². The second-order valence-corrected chi connectivity index (χ2v) is 7.74. The highest BCUT2D eigenvalue weighted by molar-refractivity contribution is 5.95. The fourth-order valence-electron chi connectivity index (χ4n) is 4.21. The fourth-order valence-corrected chi connectivity index (χ4v) is 4.21. The molecule has 2 aliphatic heterocycles. The van der Waals surface area contributed by atoms with Crippen LogP contribution in [0.1, 0.15) is 24.1 Å². The molecule has 3 heterocycles. The maximum atomic E-state index is 12.8. The molecule has 5 rings (SSSR count). The summed E-state index contributed by atoms with van der Waals surface area (Å²) in [6.07, 6.45) is 3.85. The number of amides is 2. The van der Waals surface area contributed by atoms with Gasteiger partial charge in [0.2, 0.25) is 0 Å². The van der Waals surface area contributed by atoms with Crippen molar-refractivity contribution in [2.45, 2.75) is 19.8 Å². The Labute approximate surface area is 175 Å². The Hall–Kier alpha value is -3.41. The molecule has 0 bridgehead atoms. The second-order valence-electron chi connectivity index (χ2n) is 7.74. The number of aromatic amines is 1. The van der Waals surface area contributed by atoms with Crippen LogP contribution < -0.4 is 14.8 Å². The lowest BCUT2D eigenvalue weighted by Crippen LogP contribution is -2.37. The van der Waals surface area contributed by atoms with E-state index in [1.165, 1.54) is 22.2 Å². The molecule has 30 heavy (non-hydrogen) atoms. The summed E-state index contributed by atoms with van der Waals surface area (Å²) in [4.78, 5) is 18.1. The Balaban J connectivity index is 1.29. The highest BCUT2D eigenvalue weighted by Crippen LogP contribution is 2.34. The molecule has 6 nitrogen and oxygen atoms in total. The first-order valence-corrected chi connectivity index (χ1v) is 10.4. The number of carbonyl (C=O) groups excluding carboxylic acids is 1. The predicted octanol–water partition coefficient (Wildman–Crippen LogP) is 4.96. The van der Waals surface area contributed by atoms with Crippen LogP contribution in [-0.4, -0.2) is 42.2 Å². The van der Waals surface area contributed by atoms with Crippen LogP contribution in [0.3, 0.4) is 0 Å². The second kappa shape index (κ2) is 7.78. The molecule has 0 radical (unpaired) electrons. The van der Waals surface area contributed by atoms with Crippen molar-refractivity contribution >= 4 is 28.2 Å². The minimum Gasteiger partial charge on any atom is -0.490 e. The van der Waals surface area contributed by atoms with Crippen LogP contribution in [0, 0.1) is 6.92 Å². The maximum Gasteiger partial charge on any atom is 0.322 e. The largest absolute Gasteiger partial charge is 0.490 e. The summed E-state index contributed by atoms with van der Waals surface area (Å²) in [6, 6.07) is 13.8. The number of carbonyl (C=O) groups is 1. The molecule has 0 saturated carbocycles. The molecule has 3 aromatic rings. The van der Waals surface area contributed by atoms with Gasteiger partial charge in [0.15, 0.2) is 11.5 Å². The Bertz CT molecular complexity index is 1130. The predicted molar refractivity (Wildman–Crippen MR) is 118 cm³/mol. The molecule has 0 atom stereocenters. The van der Waals surface area contributed by atoms with Gasteiger partial charge < -0.3 is 24.7 Å². The van der Waals surface area contributed by atoms with Crippen molar-refractivity contribution in [1.82, 2.24) is 9.88 Å². The van der Waals surface area contributed by atoms with Crippen LogP contribution >= 0.6 is 0 Å². The van der Waals surface area contributed by atoms with E-state index in [2.05, 4.69) is 41.5 Å². The summed E-state index contributed by atoms with van der Waals surface area (Å²) < 4.78 is 11.4. The van der Waals surface area contributed by atoms with Crippen molar-refractivity contribution in [2.24, 2.45) is 0 Å². The zero-order chi connectivity index (χ0) is 20.5. The first-order valence-electron chi connectivity index (χ1n) is 10.4. The van der Waals surface area contributed by atoms with E-state index in [9.17, 15) is 4.79 Å². The van der Waals surface area contributed by atoms with E-state index in [1.54, 1.807) is 0 Å². The van der Waals surface area contributed by atoms with Gasteiger partial charge in [0, 0.05) is 53.4 Å². The molecule has 0 spiro atoms. The number of benzene rings is 2. The van der Waals surface area contributed by atoms with E-state index in [4.69, 9.17) is 9.47 Å². The highest BCUT2D eigenvalue weighted by Gasteiger charge is 2.21. The van der Waals surface area contributed by atoms with Gasteiger partial charge >= 0.3 is 6.03 Å². The van der Waals surface area contributed by atoms with Gasteiger partial charge in [0.05, 0.1) is 13.2 Å². The van der Waals surface area contributed by atoms with Crippen molar-refractivity contribution in [3.63, 3.8) is 0 Å². The van der Waals surface area contributed by atoms with Gasteiger partial charge in [0.25, 0.3) is 0 Å². The molecule has 0 unspecified atom stereocenters. The smallest absolute Gasteiger partial charge is 0.322 e. The number of hydrogen-bond donors (Lipinski definition) is 2. The number of aromatic nitrogens is 1. The number of ether oxygens (including phenoxy) is 2. The van der Waals surface area contributed by atoms with Crippen molar-refractivity contribution in [3.8, 4) is 11.5 Å². The maximum absolute atomic E-state index is 12.8. The summed E-state index contributed by atoms with van der Waals surface area (Å²) in [5, 5.41) is 4.23. The Morgan fingerprint density at radius 3 is 2.77 bits per heavy atom. The van der Waals surface area contributed by atoms with E-state index >= 15 is 0 Å². The van der Waals surface area contributed by atoms with Crippen LogP contribution in [-0.2, 0) is 0 Å². The number of aryl methyl sites for hydroxylation is 1. The summed E-state index contributed by atoms with van der Waals surface area (Å²) in [7, 11) is 0. The van der Waals surface area contributed by atoms with Gasteiger partial charge in [-0.25, -0.2) is 4.79 Å². The molecule has 0 saturated heterocycles. The lowest BCUT2D eigenvalue weighted by Gasteiger charge is -2.27. The van der Waals surface area contributed by atoms with Gasteiger partial charge in [-0.3, -0.25) is 0 Å².